The lowest BCUT2D eigenvalue weighted by molar-refractivity contribution is -0.138. The number of likely N-dealkylation sites (tertiary alicyclic amines) is 1. The molecule has 2 heterocycles. The van der Waals surface area contributed by atoms with Gasteiger partial charge in [-0.1, -0.05) is 6.07 Å². The molecular weight excluding hydrogens is 278 g/mol. The average molecular weight is 304 g/mol. The van der Waals surface area contributed by atoms with Crippen LogP contribution in [0.3, 0.4) is 0 Å². The number of piperidine rings is 1. The summed E-state index contributed by atoms with van der Waals surface area (Å²) in [4.78, 5) is 14.9. The number of ether oxygens (including phenoxy) is 2. The molecule has 0 amide bonds. The van der Waals surface area contributed by atoms with Gasteiger partial charge in [0.25, 0.3) is 0 Å². The van der Waals surface area contributed by atoms with E-state index in [0.29, 0.717) is 17.9 Å². The molecule has 4 aliphatic rings. The van der Waals surface area contributed by atoms with Crippen LogP contribution in [0.2, 0.25) is 0 Å². The molecule has 1 saturated carbocycles. The average Bonchev–Trinajstić information content (AvgIpc) is 2.87. The Hall–Kier alpha value is -1.55. The summed E-state index contributed by atoms with van der Waals surface area (Å²) in [6.07, 6.45) is -4.62. The quantitative estimate of drug-likeness (QED) is 0.795. The lowest BCUT2D eigenvalue weighted by Gasteiger charge is -2.57. The molecule has 4 nitrogen and oxygen atoms in total. The molecule has 4 heteroatoms. The van der Waals surface area contributed by atoms with E-state index in [1.54, 1.807) is 18.0 Å². The smallest absolute Gasteiger partial charge is 0.174 e. The minimum Gasteiger partial charge on any atom is -0.493 e. The highest BCUT2D eigenvalue weighted by molar-refractivity contribution is 5.89. The molecule has 1 spiro atoms. The van der Waals surface area contributed by atoms with E-state index < -0.39 is 42.0 Å². The van der Waals surface area contributed by atoms with E-state index in [0.717, 1.165) is 5.56 Å². The number of likely N-dealkylation sites (N-methyl/N-ethyl adjacent to an activating group) is 1. The van der Waals surface area contributed by atoms with Crippen LogP contribution >= 0.6 is 0 Å². The Kier molecular flexibility index (Phi) is 1.64. The summed E-state index contributed by atoms with van der Waals surface area (Å²) in [6.45, 7) is 0.431. The number of hydrogen-bond acceptors (Lipinski definition) is 4. The second kappa shape index (κ2) is 4.05. The van der Waals surface area contributed by atoms with Crippen molar-refractivity contribution in [1.29, 1.82) is 0 Å². The standard InChI is InChI=1S/C18H21NO3/c1-19-8-7-18-11-4-5-13(20)17(18)22-16-14(21-2)6-3-10(15(16)18)9-12(11)19/h3,6,11-12,17H,4-5,7-9H2,1-2H3/t11-,12+,17?,18-/m0/s1/i5D2,11D,12D,17D. The van der Waals surface area contributed by atoms with E-state index in [2.05, 4.69) is 0 Å². The van der Waals surface area contributed by atoms with E-state index in [4.69, 9.17) is 13.6 Å². The van der Waals surface area contributed by atoms with Crippen LogP contribution in [0.25, 0.3) is 0 Å². The van der Waals surface area contributed by atoms with Gasteiger partial charge >= 0.3 is 0 Å². The highest BCUT2D eigenvalue weighted by Crippen LogP contribution is 2.62. The number of rotatable bonds is 1. The molecule has 2 bridgehead atoms. The Labute approximate surface area is 137 Å². The number of benzene rings is 1. The first-order valence-corrected chi connectivity index (χ1v) is 7.64. The van der Waals surface area contributed by atoms with Crippen LogP contribution in [0.15, 0.2) is 12.1 Å². The van der Waals surface area contributed by atoms with Crippen molar-refractivity contribution >= 4 is 5.78 Å². The molecule has 116 valence electrons. The van der Waals surface area contributed by atoms with Crippen LogP contribution in [0.4, 0.5) is 0 Å². The second-order valence-corrected chi connectivity index (χ2v) is 6.42. The molecule has 0 N–H and O–H groups in total. The van der Waals surface area contributed by atoms with Crippen molar-refractivity contribution in [2.75, 3.05) is 20.7 Å². The molecule has 2 fully saturated rings. The number of methoxy groups -OCH3 is 1. The first kappa shape index (κ1) is 8.92. The van der Waals surface area contributed by atoms with Gasteiger partial charge in [-0.05, 0) is 50.4 Å². The first-order chi connectivity index (χ1) is 12.5. The van der Waals surface area contributed by atoms with Crippen LogP contribution in [-0.4, -0.2) is 43.5 Å². The molecule has 2 aliphatic carbocycles. The minimum absolute atomic E-state index is 0.213. The van der Waals surface area contributed by atoms with Crippen LogP contribution in [-0.2, 0) is 16.6 Å². The van der Waals surface area contributed by atoms with Gasteiger partial charge in [-0.25, -0.2) is 0 Å². The van der Waals surface area contributed by atoms with Gasteiger partial charge < -0.3 is 14.4 Å². The third-order valence-electron chi connectivity index (χ3n) is 5.58. The highest BCUT2D eigenvalue weighted by atomic mass is 16.5. The summed E-state index contributed by atoms with van der Waals surface area (Å²) in [5, 5.41) is 0. The first-order valence-electron chi connectivity index (χ1n) is 10.1. The number of carbonyl (C=O) groups is 1. The van der Waals surface area contributed by atoms with Gasteiger partial charge in [0.15, 0.2) is 23.4 Å². The molecule has 5 rings (SSSR count). The Morgan fingerprint density at radius 3 is 3.23 bits per heavy atom. The van der Waals surface area contributed by atoms with Gasteiger partial charge in [0.1, 0.15) is 0 Å². The Morgan fingerprint density at radius 1 is 1.55 bits per heavy atom. The largest absolute Gasteiger partial charge is 0.493 e. The zero-order valence-corrected chi connectivity index (χ0v) is 12.7. The lowest BCUT2D eigenvalue weighted by atomic mass is 9.52. The van der Waals surface area contributed by atoms with Gasteiger partial charge in [-0.3, -0.25) is 4.79 Å². The molecule has 1 saturated heterocycles. The maximum absolute atomic E-state index is 13.1. The monoisotopic (exact) mass is 304 g/mol. The van der Waals surface area contributed by atoms with E-state index in [9.17, 15) is 7.54 Å². The predicted molar refractivity (Wildman–Crippen MR) is 81.6 cm³/mol. The number of ketones is 1. The van der Waals surface area contributed by atoms with Crippen LogP contribution in [0.1, 0.15) is 37.2 Å². The number of carbonyl (C=O) groups excluding carboxylic acids is 1. The fraction of sp³-hybridized carbons (Fsp3) is 0.611. The zero-order valence-electron chi connectivity index (χ0n) is 17.7. The third kappa shape index (κ3) is 1.27. The highest BCUT2D eigenvalue weighted by Gasteiger charge is 2.65. The van der Waals surface area contributed by atoms with Crippen molar-refractivity contribution in [1.82, 2.24) is 4.90 Å². The maximum Gasteiger partial charge on any atom is 0.174 e. The fourth-order valence-electron chi connectivity index (χ4n) is 4.57. The molecule has 1 aromatic carbocycles. The van der Waals surface area contributed by atoms with Gasteiger partial charge in [-0.15, -0.1) is 0 Å². The number of nitrogens with zero attached hydrogens (tertiary/aromatic N) is 1. The summed E-state index contributed by atoms with van der Waals surface area (Å²) < 4.78 is 55.6. The van der Waals surface area contributed by atoms with Crippen LogP contribution < -0.4 is 9.47 Å². The zero-order chi connectivity index (χ0) is 19.6. The summed E-state index contributed by atoms with van der Waals surface area (Å²) in [5.41, 5.74) is -0.0136. The minimum atomic E-state index is -2.41. The molecule has 1 unspecified atom stereocenters. The normalized spacial score (nSPS) is 54.1. The van der Waals surface area contributed by atoms with Crippen molar-refractivity contribution in [2.45, 2.75) is 43.1 Å². The third-order valence-corrected chi connectivity index (χ3v) is 5.58. The molecule has 0 aromatic heterocycles. The molecular formula is C18H21NO3. The Balaban J connectivity index is 1.94. The molecule has 0 radical (unpaired) electrons. The lowest BCUT2D eigenvalue weighted by Crippen LogP contribution is -2.65. The van der Waals surface area contributed by atoms with Crippen molar-refractivity contribution in [3.63, 3.8) is 0 Å². The van der Waals surface area contributed by atoms with E-state index >= 15 is 0 Å². The van der Waals surface area contributed by atoms with Crippen molar-refractivity contribution in [3.8, 4) is 11.5 Å². The number of hydrogen-bond donors (Lipinski definition) is 0. The predicted octanol–water partition coefficient (Wildman–Crippen LogP) is 1.93. The molecule has 22 heavy (non-hydrogen) atoms. The maximum atomic E-state index is 13.1. The number of Topliss-reactive ketones (excluding diaryl/α,β-unsaturated/α-hetero) is 1. The van der Waals surface area contributed by atoms with Gasteiger partial charge in [0.2, 0.25) is 0 Å². The fourth-order valence-corrected chi connectivity index (χ4v) is 4.57. The molecule has 4 atom stereocenters. The summed E-state index contributed by atoms with van der Waals surface area (Å²) in [5.74, 6) is -2.04. The van der Waals surface area contributed by atoms with E-state index in [-0.39, 0.29) is 18.6 Å². The Bertz CT molecular complexity index is 909. The van der Waals surface area contributed by atoms with Gasteiger partial charge in [0, 0.05) is 28.9 Å². The van der Waals surface area contributed by atoms with E-state index in [1.165, 1.54) is 7.11 Å². The van der Waals surface area contributed by atoms with Crippen molar-refractivity contribution in [3.05, 3.63) is 23.3 Å². The summed E-state index contributed by atoms with van der Waals surface area (Å²) >= 11 is 0. The molecule has 2 aliphatic heterocycles. The molecule has 1 aromatic rings. The SMILES string of the molecule is [2H]C1([2H])C[C@@]2([2H])[C@@]3([2H])Cc4ccc(OC)c5c4[C@@]2(CCN3C)C([2H])(O5)C1=O. The van der Waals surface area contributed by atoms with Gasteiger partial charge in [0.05, 0.1) is 8.48 Å². The Morgan fingerprint density at radius 2 is 2.41 bits per heavy atom. The van der Waals surface area contributed by atoms with Crippen LogP contribution in [0, 0.1) is 5.89 Å². The van der Waals surface area contributed by atoms with E-state index in [1.807, 2.05) is 6.07 Å². The summed E-state index contributed by atoms with van der Waals surface area (Å²) in [7, 11) is 3.23. The van der Waals surface area contributed by atoms with Crippen molar-refractivity contribution < 1.29 is 21.1 Å². The van der Waals surface area contributed by atoms with Crippen LogP contribution in [0.5, 0.6) is 11.5 Å². The van der Waals surface area contributed by atoms with Crippen molar-refractivity contribution in [2.24, 2.45) is 5.89 Å². The summed E-state index contributed by atoms with van der Waals surface area (Å²) in [6, 6.07) is 2.06. The second-order valence-electron chi connectivity index (χ2n) is 6.42. The van der Waals surface area contributed by atoms with Gasteiger partial charge in [-0.2, -0.15) is 0 Å². The topological polar surface area (TPSA) is 38.8 Å².